The van der Waals surface area contributed by atoms with Crippen LogP contribution in [0.2, 0.25) is 0 Å². The summed E-state index contributed by atoms with van der Waals surface area (Å²) in [4.78, 5) is 10.5. The standard InChI is InChI=1S/C10H17N5O/c1-7-5-9(13-10(12-7)14-11)15-4-2-3-8(15)6-16/h5,8,16H,2-4,6,11H2,1H3,(H,12,13,14). The lowest BCUT2D eigenvalue weighted by Crippen LogP contribution is -2.33. The molecule has 1 unspecified atom stereocenters. The number of hydrogen-bond donors (Lipinski definition) is 3. The zero-order valence-electron chi connectivity index (χ0n) is 9.35. The van der Waals surface area contributed by atoms with Crippen LogP contribution >= 0.6 is 0 Å². The molecule has 1 aliphatic heterocycles. The Morgan fingerprint density at radius 2 is 2.44 bits per heavy atom. The summed E-state index contributed by atoms with van der Waals surface area (Å²) in [5, 5.41) is 9.27. The molecule has 6 nitrogen and oxygen atoms in total. The molecule has 4 N–H and O–H groups in total. The number of aliphatic hydroxyl groups is 1. The summed E-state index contributed by atoms with van der Waals surface area (Å²) in [6.45, 7) is 2.98. The summed E-state index contributed by atoms with van der Waals surface area (Å²) in [6.07, 6.45) is 2.09. The lowest BCUT2D eigenvalue weighted by Gasteiger charge is -2.24. The Bertz CT molecular complexity index is 370. The van der Waals surface area contributed by atoms with Crippen molar-refractivity contribution in [1.29, 1.82) is 0 Å². The Morgan fingerprint density at radius 3 is 3.12 bits per heavy atom. The molecule has 0 spiro atoms. The Balaban J connectivity index is 2.28. The van der Waals surface area contributed by atoms with Gasteiger partial charge in [-0.25, -0.2) is 10.8 Å². The van der Waals surface area contributed by atoms with Gasteiger partial charge in [-0.1, -0.05) is 0 Å². The average molecular weight is 223 g/mol. The van der Waals surface area contributed by atoms with Crippen molar-refractivity contribution >= 4 is 11.8 Å². The number of nitrogens with zero attached hydrogens (tertiary/aromatic N) is 3. The maximum Gasteiger partial charge on any atom is 0.239 e. The van der Waals surface area contributed by atoms with Gasteiger partial charge in [-0.2, -0.15) is 4.98 Å². The predicted octanol–water partition coefficient (Wildman–Crippen LogP) is 0.0317. The molecule has 2 rings (SSSR count). The molecule has 0 aliphatic carbocycles. The van der Waals surface area contributed by atoms with Gasteiger partial charge in [0, 0.05) is 18.3 Å². The number of nitrogen functional groups attached to an aromatic ring is 1. The van der Waals surface area contributed by atoms with Crippen molar-refractivity contribution < 1.29 is 5.11 Å². The van der Waals surface area contributed by atoms with E-state index in [1.807, 2.05) is 13.0 Å². The maximum atomic E-state index is 9.27. The van der Waals surface area contributed by atoms with Gasteiger partial charge in [0.15, 0.2) is 0 Å². The lowest BCUT2D eigenvalue weighted by atomic mass is 10.2. The van der Waals surface area contributed by atoms with Gasteiger partial charge in [0.05, 0.1) is 12.6 Å². The minimum Gasteiger partial charge on any atom is -0.394 e. The summed E-state index contributed by atoms with van der Waals surface area (Å²) in [7, 11) is 0. The van der Waals surface area contributed by atoms with E-state index < -0.39 is 0 Å². The van der Waals surface area contributed by atoms with Gasteiger partial charge in [-0.15, -0.1) is 0 Å². The Morgan fingerprint density at radius 1 is 1.62 bits per heavy atom. The minimum atomic E-state index is 0.161. The van der Waals surface area contributed by atoms with Crippen LogP contribution < -0.4 is 16.2 Å². The van der Waals surface area contributed by atoms with E-state index in [4.69, 9.17) is 5.84 Å². The van der Waals surface area contributed by atoms with Gasteiger partial charge in [-0.3, -0.25) is 5.43 Å². The fourth-order valence-electron chi connectivity index (χ4n) is 2.09. The first-order chi connectivity index (χ1) is 7.74. The zero-order chi connectivity index (χ0) is 11.5. The summed E-state index contributed by atoms with van der Waals surface area (Å²) in [5.74, 6) is 6.56. The second-order valence-corrected chi connectivity index (χ2v) is 4.01. The summed E-state index contributed by atoms with van der Waals surface area (Å²) in [5.41, 5.74) is 3.32. The van der Waals surface area contributed by atoms with E-state index in [0.29, 0.717) is 5.95 Å². The number of nitrogens with one attached hydrogen (secondary N) is 1. The van der Waals surface area contributed by atoms with Gasteiger partial charge < -0.3 is 10.0 Å². The molecule has 0 saturated carbocycles. The molecular weight excluding hydrogens is 206 g/mol. The number of anilines is 2. The smallest absolute Gasteiger partial charge is 0.239 e. The van der Waals surface area contributed by atoms with Crippen LogP contribution in [-0.2, 0) is 0 Å². The van der Waals surface area contributed by atoms with Gasteiger partial charge in [0.25, 0.3) is 0 Å². The molecule has 0 bridgehead atoms. The van der Waals surface area contributed by atoms with Crippen molar-refractivity contribution in [1.82, 2.24) is 9.97 Å². The highest BCUT2D eigenvalue weighted by Gasteiger charge is 2.25. The second kappa shape index (κ2) is 4.63. The number of hydrazine groups is 1. The van der Waals surface area contributed by atoms with Gasteiger partial charge in [-0.05, 0) is 19.8 Å². The largest absolute Gasteiger partial charge is 0.394 e. The van der Waals surface area contributed by atoms with E-state index in [-0.39, 0.29) is 12.6 Å². The van der Waals surface area contributed by atoms with Crippen LogP contribution in [0.15, 0.2) is 6.07 Å². The number of aromatic nitrogens is 2. The van der Waals surface area contributed by atoms with Crippen molar-refractivity contribution in [3.8, 4) is 0 Å². The van der Waals surface area contributed by atoms with Crippen LogP contribution in [0, 0.1) is 6.92 Å². The topological polar surface area (TPSA) is 87.3 Å². The fourth-order valence-corrected chi connectivity index (χ4v) is 2.09. The normalized spacial score (nSPS) is 20.2. The molecule has 2 heterocycles. The molecule has 0 amide bonds. The number of hydrogen-bond acceptors (Lipinski definition) is 6. The molecule has 1 aliphatic rings. The summed E-state index contributed by atoms with van der Waals surface area (Å²) < 4.78 is 0. The molecule has 16 heavy (non-hydrogen) atoms. The number of nitrogens with two attached hydrogens (primary N) is 1. The second-order valence-electron chi connectivity index (χ2n) is 4.01. The van der Waals surface area contributed by atoms with Crippen LogP contribution in [0.5, 0.6) is 0 Å². The monoisotopic (exact) mass is 223 g/mol. The molecule has 1 aromatic rings. The van der Waals surface area contributed by atoms with Gasteiger partial charge in [0.2, 0.25) is 5.95 Å². The summed E-state index contributed by atoms with van der Waals surface area (Å²) in [6, 6.07) is 2.08. The maximum absolute atomic E-state index is 9.27. The van der Waals surface area contributed by atoms with Crippen LogP contribution in [0.4, 0.5) is 11.8 Å². The minimum absolute atomic E-state index is 0.161. The lowest BCUT2D eigenvalue weighted by molar-refractivity contribution is 0.266. The molecule has 0 radical (unpaired) electrons. The van der Waals surface area contributed by atoms with Crippen LogP contribution in [0.3, 0.4) is 0 Å². The molecule has 1 aromatic heterocycles. The van der Waals surface area contributed by atoms with E-state index in [9.17, 15) is 5.11 Å². The number of aliphatic hydroxyl groups excluding tert-OH is 1. The van der Waals surface area contributed by atoms with Gasteiger partial charge >= 0.3 is 0 Å². The summed E-state index contributed by atoms with van der Waals surface area (Å²) >= 11 is 0. The highest BCUT2D eigenvalue weighted by molar-refractivity contribution is 5.46. The van der Waals surface area contributed by atoms with E-state index in [0.717, 1.165) is 30.9 Å². The third-order valence-corrected chi connectivity index (χ3v) is 2.85. The van der Waals surface area contributed by atoms with Crippen molar-refractivity contribution in [2.45, 2.75) is 25.8 Å². The SMILES string of the molecule is Cc1cc(N2CCCC2CO)nc(NN)n1. The molecule has 1 fully saturated rings. The molecule has 1 saturated heterocycles. The van der Waals surface area contributed by atoms with Gasteiger partial charge in [0.1, 0.15) is 5.82 Å². The zero-order valence-corrected chi connectivity index (χ0v) is 9.35. The molecule has 88 valence electrons. The third kappa shape index (κ3) is 2.07. The van der Waals surface area contributed by atoms with Crippen molar-refractivity contribution in [2.75, 3.05) is 23.5 Å². The Labute approximate surface area is 94.5 Å². The van der Waals surface area contributed by atoms with Crippen LogP contribution in [0.25, 0.3) is 0 Å². The first kappa shape index (κ1) is 11.1. The molecule has 1 atom stereocenters. The van der Waals surface area contributed by atoms with Crippen LogP contribution in [-0.4, -0.2) is 34.3 Å². The third-order valence-electron chi connectivity index (χ3n) is 2.85. The number of aryl methyl sites for hydroxylation is 1. The molecule has 6 heteroatoms. The van der Waals surface area contributed by atoms with Crippen molar-refractivity contribution in [3.05, 3.63) is 11.8 Å². The average Bonchev–Trinajstić information content (AvgIpc) is 2.76. The quantitative estimate of drug-likeness (QED) is 0.495. The fraction of sp³-hybridized carbons (Fsp3) is 0.600. The number of rotatable bonds is 3. The predicted molar refractivity (Wildman–Crippen MR) is 62.0 cm³/mol. The molecule has 0 aromatic carbocycles. The van der Waals surface area contributed by atoms with Crippen LogP contribution in [0.1, 0.15) is 18.5 Å². The van der Waals surface area contributed by atoms with Crippen molar-refractivity contribution in [3.63, 3.8) is 0 Å². The molecular formula is C10H17N5O. The first-order valence-electron chi connectivity index (χ1n) is 5.44. The van der Waals surface area contributed by atoms with E-state index in [1.165, 1.54) is 0 Å². The first-order valence-corrected chi connectivity index (χ1v) is 5.44. The van der Waals surface area contributed by atoms with Crippen molar-refractivity contribution in [2.24, 2.45) is 5.84 Å². The van der Waals surface area contributed by atoms with E-state index >= 15 is 0 Å². The Hall–Kier alpha value is -1.40. The Kier molecular flexibility index (Phi) is 3.21. The van der Waals surface area contributed by atoms with E-state index in [1.54, 1.807) is 0 Å². The van der Waals surface area contributed by atoms with E-state index in [2.05, 4.69) is 20.3 Å². The highest BCUT2D eigenvalue weighted by atomic mass is 16.3. The highest BCUT2D eigenvalue weighted by Crippen LogP contribution is 2.24.